The average molecular weight is 827 g/mol. The second kappa shape index (κ2) is 19.7. The Morgan fingerprint density at radius 2 is 1.07 bits per heavy atom. The summed E-state index contributed by atoms with van der Waals surface area (Å²) in [4.78, 5) is 73.6. The molecule has 2 atom stereocenters. The van der Waals surface area contributed by atoms with Gasteiger partial charge in [0.05, 0.1) is 24.9 Å². The van der Waals surface area contributed by atoms with E-state index in [1.54, 1.807) is 68.6 Å². The summed E-state index contributed by atoms with van der Waals surface area (Å²) in [6.45, 7) is 5.38. The molecule has 0 unspecified atom stereocenters. The molecule has 0 aromatic heterocycles. The Kier molecular flexibility index (Phi) is 14.7. The van der Waals surface area contributed by atoms with E-state index in [0.29, 0.717) is 24.2 Å². The van der Waals surface area contributed by atoms with Crippen LogP contribution in [0.25, 0.3) is 0 Å². The molecule has 58 heavy (non-hydrogen) atoms. The number of carbonyl (C=O) groups is 6. The largest absolute Gasteiger partial charge is 0.481 e. The molecule has 0 fully saturated rings. The third-order valence-corrected chi connectivity index (χ3v) is 10.5. The Balaban J connectivity index is 0.000000223. The maximum atomic E-state index is 12.3. The van der Waals surface area contributed by atoms with Crippen LogP contribution in [0.4, 0.5) is 22.7 Å². The highest BCUT2D eigenvalue weighted by Gasteiger charge is 2.21. The number of nitrogens with two attached hydrogens (primary N) is 2. The minimum absolute atomic E-state index is 0.00815. The van der Waals surface area contributed by atoms with Crippen LogP contribution >= 0.6 is 23.5 Å². The van der Waals surface area contributed by atoms with Crippen molar-refractivity contribution in [2.45, 2.75) is 96.6 Å². The first kappa shape index (κ1) is 43.4. The Labute approximate surface area is 344 Å². The molecule has 2 aliphatic rings. The van der Waals surface area contributed by atoms with Gasteiger partial charge in [0.25, 0.3) is 0 Å². The normalized spacial score (nSPS) is 13.7. The number of anilines is 4. The van der Waals surface area contributed by atoms with Gasteiger partial charge in [-0.05, 0) is 130 Å². The van der Waals surface area contributed by atoms with Crippen molar-refractivity contribution in [3.63, 3.8) is 0 Å². The lowest BCUT2D eigenvalue weighted by Crippen LogP contribution is -2.36. The molecule has 0 spiro atoms. The van der Waals surface area contributed by atoms with Gasteiger partial charge >= 0.3 is 11.9 Å². The van der Waals surface area contributed by atoms with Gasteiger partial charge < -0.3 is 42.6 Å². The predicted molar refractivity (Wildman–Crippen MR) is 224 cm³/mol. The zero-order chi connectivity index (χ0) is 42.0. The van der Waals surface area contributed by atoms with Crippen molar-refractivity contribution in [1.82, 2.24) is 0 Å². The van der Waals surface area contributed by atoms with E-state index in [2.05, 4.69) is 21.3 Å². The summed E-state index contributed by atoms with van der Waals surface area (Å²) in [5.74, 6) is -2.09. The molecule has 9 N–H and O–H groups in total. The second-order valence-electron chi connectivity index (χ2n) is 14.6. The number of carbonyl (C=O) groups excluding carboxylic acids is 5. The predicted octanol–water partition coefficient (Wildman–Crippen LogP) is 6.18. The van der Waals surface area contributed by atoms with Gasteiger partial charge in [-0.2, -0.15) is 0 Å². The van der Waals surface area contributed by atoms with Crippen LogP contribution in [-0.4, -0.2) is 58.4 Å². The first-order chi connectivity index (χ1) is 27.5. The summed E-state index contributed by atoms with van der Waals surface area (Å²) in [5.41, 5.74) is 16.0. The summed E-state index contributed by atoms with van der Waals surface area (Å²) in [5, 5.41) is 19.7. The number of fused-ring (bicyclic) bond motifs is 2. The van der Waals surface area contributed by atoms with Gasteiger partial charge in [0, 0.05) is 55.2 Å². The van der Waals surface area contributed by atoms with Gasteiger partial charge in [0.2, 0.25) is 23.6 Å². The summed E-state index contributed by atoms with van der Waals surface area (Å²) in [6, 6.07) is 24.8. The fourth-order valence-electron chi connectivity index (χ4n) is 5.70. The molecule has 0 radical (unpaired) electrons. The number of aliphatic carboxylic acids is 1. The number of amides is 4. The molecule has 0 saturated heterocycles. The molecule has 2 aliphatic heterocycles. The van der Waals surface area contributed by atoms with Gasteiger partial charge in [-0.1, -0.05) is 23.5 Å². The van der Waals surface area contributed by atoms with E-state index >= 15 is 0 Å². The van der Waals surface area contributed by atoms with Crippen molar-refractivity contribution in [1.29, 1.82) is 0 Å². The quantitative estimate of drug-likeness (QED) is 0.0707. The maximum absolute atomic E-state index is 12.3. The van der Waals surface area contributed by atoms with Crippen LogP contribution in [0.5, 0.6) is 0 Å². The van der Waals surface area contributed by atoms with Crippen LogP contribution in [0.3, 0.4) is 0 Å². The number of carboxylic acid groups (broad SMARTS) is 1. The number of benzene rings is 4. The van der Waals surface area contributed by atoms with E-state index in [1.807, 2.05) is 60.7 Å². The van der Waals surface area contributed by atoms with Crippen LogP contribution in [0, 0.1) is 0 Å². The molecule has 14 nitrogen and oxygen atoms in total. The number of carboxylic acids is 1. The van der Waals surface area contributed by atoms with Gasteiger partial charge in [-0.15, -0.1) is 0 Å². The second-order valence-corrected chi connectivity index (χ2v) is 16.9. The summed E-state index contributed by atoms with van der Waals surface area (Å²) in [7, 11) is 0. The van der Waals surface area contributed by atoms with E-state index in [-0.39, 0.29) is 49.4 Å². The van der Waals surface area contributed by atoms with E-state index in [4.69, 9.17) is 21.3 Å². The SMILES string of the molecule is CC(C)(C)OC(=O)CC[C@H](N)C(=O)Nc1ccc(Sc2ccc3c(c2)CC(=O)N3)cc1.N[C@@H](CCC(=O)O)C(=O)Nc1ccc(Sc2ccc3c(c2)CC(=O)N3)cc1. The Hall–Kier alpha value is -5.68. The molecule has 304 valence electrons. The summed E-state index contributed by atoms with van der Waals surface area (Å²) < 4.78 is 5.23. The van der Waals surface area contributed by atoms with E-state index in [1.165, 1.54) is 0 Å². The Morgan fingerprint density at radius 3 is 1.47 bits per heavy atom. The Morgan fingerprint density at radius 1 is 0.672 bits per heavy atom. The highest BCUT2D eigenvalue weighted by Crippen LogP contribution is 2.34. The lowest BCUT2D eigenvalue weighted by atomic mass is 10.1. The molecular formula is C42H46N6O8S2. The number of esters is 1. The van der Waals surface area contributed by atoms with Crippen molar-refractivity contribution in [2.24, 2.45) is 11.5 Å². The Bertz CT molecular complexity index is 2170. The topological polar surface area (TPSA) is 232 Å². The van der Waals surface area contributed by atoms with Crippen LogP contribution in [0.15, 0.2) is 105 Å². The molecule has 4 aromatic rings. The fourth-order valence-corrected chi connectivity index (χ4v) is 7.46. The van der Waals surface area contributed by atoms with Crippen LogP contribution in [-0.2, 0) is 46.3 Å². The highest BCUT2D eigenvalue weighted by molar-refractivity contribution is 7.99. The molecule has 4 amide bonds. The zero-order valence-electron chi connectivity index (χ0n) is 32.3. The minimum atomic E-state index is -0.980. The highest BCUT2D eigenvalue weighted by atomic mass is 32.2. The van der Waals surface area contributed by atoms with Crippen molar-refractivity contribution in [2.75, 3.05) is 21.3 Å². The van der Waals surface area contributed by atoms with Crippen molar-refractivity contribution in [3.8, 4) is 0 Å². The molecule has 6 rings (SSSR count). The van der Waals surface area contributed by atoms with E-state index < -0.39 is 29.6 Å². The molecular weight excluding hydrogens is 781 g/mol. The molecule has 0 saturated carbocycles. The van der Waals surface area contributed by atoms with E-state index in [9.17, 15) is 28.8 Å². The molecule has 4 aromatic carbocycles. The van der Waals surface area contributed by atoms with Crippen LogP contribution < -0.4 is 32.7 Å². The number of rotatable bonds is 14. The van der Waals surface area contributed by atoms with Gasteiger partial charge in [-0.3, -0.25) is 28.8 Å². The van der Waals surface area contributed by atoms with E-state index in [0.717, 1.165) is 42.1 Å². The molecule has 0 aliphatic carbocycles. The third kappa shape index (κ3) is 13.5. The molecule has 2 heterocycles. The first-order valence-electron chi connectivity index (χ1n) is 18.5. The van der Waals surface area contributed by atoms with Gasteiger partial charge in [-0.25, -0.2) is 0 Å². The lowest BCUT2D eigenvalue weighted by Gasteiger charge is -2.20. The maximum Gasteiger partial charge on any atom is 0.306 e. The van der Waals surface area contributed by atoms with Crippen molar-refractivity contribution >= 4 is 81.8 Å². The summed E-state index contributed by atoms with van der Waals surface area (Å²) in [6.07, 6.45) is 1.05. The zero-order valence-corrected chi connectivity index (χ0v) is 33.9. The lowest BCUT2D eigenvalue weighted by molar-refractivity contribution is -0.155. The summed E-state index contributed by atoms with van der Waals surface area (Å²) >= 11 is 3.13. The van der Waals surface area contributed by atoms with Crippen molar-refractivity contribution < 1.29 is 38.6 Å². The number of hydrogen-bond donors (Lipinski definition) is 7. The third-order valence-electron chi connectivity index (χ3n) is 8.54. The monoisotopic (exact) mass is 826 g/mol. The minimum Gasteiger partial charge on any atom is -0.481 e. The number of nitrogens with one attached hydrogen (secondary N) is 4. The standard InChI is InChI=1S/C23H27N3O4S.C19H19N3O4S/c1-23(2,3)30-21(28)11-9-18(24)22(29)25-15-4-6-16(7-5-15)31-17-8-10-19-14(12-17)13-20(27)26-19;20-15(6-8-18(24)25)19(26)21-12-1-3-13(4-2-12)27-14-5-7-16-11(9-14)10-17(23)22-16/h4-8,10,12,18H,9,11,13,24H2,1-3H3,(H,25,29)(H,26,27);1-5,7,9,15H,6,8,10,20H2,(H,21,26)(H,22,23)(H,24,25)/t18-;15-/m00/s1. The number of hydrogen-bond acceptors (Lipinski definition) is 11. The average Bonchev–Trinajstić information content (AvgIpc) is 3.73. The number of ether oxygens (including phenoxy) is 1. The smallest absolute Gasteiger partial charge is 0.306 e. The van der Waals surface area contributed by atoms with Crippen LogP contribution in [0.1, 0.15) is 57.6 Å². The molecule has 0 bridgehead atoms. The fraction of sp³-hybridized carbons (Fsp3) is 0.286. The van der Waals surface area contributed by atoms with Gasteiger partial charge in [0.15, 0.2) is 0 Å². The van der Waals surface area contributed by atoms with Crippen molar-refractivity contribution in [3.05, 3.63) is 96.1 Å². The van der Waals surface area contributed by atoms with Gasteiger partial charge in [0.1, 0.15) is 5.60 Å². The van der Waals surface area contributed by atoms with Crippen LogP contribution in [0.2, 0.25) is 0 Å². The molecule has 16 heteroatoms. The first-order valence-corrected chi connectivity index (χ1v) is 20.1.